The molecule has 100 valence electrons. The van der Waals surface area contributed by atoms with Crippen LogP contribution >= 0.6 is 11.3 Å². The Hall–Kier alpha value is -1.03. The Morgan fingerprint density at radius 1 is 1.56 bits per heavy atom. The van der Waals surface area contributed by atoms with Gasteiger partial charge in [-0.2, -0.15) is 0 Å². The SMILES string of the molecule is CCC(=O)c1sc(N2CCCC(C)(C)C2)cc1N. The van der Waals surface area contributed by atoms with E-state index in [0.717, 1.165) is 23.0 Å². The Morgan fingerprint density at radius 2 is 2.28 bits per heavy atom. The first kappa shape index (κ1) is 13.4. The average Bonchev–Trinajstić information content (AvgIpc) is 2.69. The maximum atomic E-state index is 11.8. The fourth-order valence-corrected chi connectivity index (χ4v) is 3.65. The Morgan fingerprint density at radius 3 is 2.89 bits per heavy atom. The van der Waals surface area contributed by atoms with Gasteiger partial charge in [0.2, 0.25) is 0 Å². The third kappa shape index (κ3) is 2.69. The maximum absolute atomic E-state index is 11.8. The van der Waals surface area contributed by atoms with Crippen molar-refractivity contribution in [3.05, 3.63) is 10.9 Å². The number of nitrogen functional groups attached to an aromatic ring is 1. The van der Waals surface area contributed by atoms with E-state index in [1.54, 1.807) is 11.3 Å². The molecule has 1 aliphatic rings. The lowest BCUT2D eigenvalue weighted by Crippen LogP contribution is -2.39. The van der Waals surface area contributed by atoms with Gasteiger partial charge >= 0.3 is 0 Å². The molecule has 0 saturated carbocycles. The number of carbonyl (C=O) groups is 1. The highest BCUT2D eigenvalue weighted by Gasteiger charge is 2.28. The fourth-order valence-electron chi connectivity index (χ4n) is 2.54. The van der Waals surface area contributed by atoms with E-state index in [4.69, 9.17) is 5.73 Å². The summed E-state index contributed by atoms with van der Waals surface area (Å²) in [4.78, 5) is 14.9. The second-order valence-electron chi connectivity index (χ2n) is 5.84. The molecule has 0 unspecified atom stereocenters. The number of Topliss-reactive ketones (excluding diaryl/α,β-unsaturated/α-hetero) is 1. The van der Waals surface area contributed by atoms with Crippen molar-refractivity contribution in [2.45, 2.75) is 40.0 Å². The van der Waals surface area contributed by atoms with Crippen molar-refractivity contribution in [3.63, 3.8) is 0 Å². The van der Waals surface area contributed by atoms with E-state index in [1.165, 1.54) is 12.8 Å². The number of hydrogen-bond donors (Lipinski definition) is 1. The summed E-state index contributed by atoms with van der Waals surface area (Å²) in [7, 11) is 0. The molecule has 0 bridgehead atoms. The molecule has 1 aromatic heterocycles. The summed E-state index contributed by atoms with van der Waals surface area (Å²) in [6, 6.07) is 1.97. The second kappa shape index (κ2) is 4.92. The number of carbonyl (C=O) groups excluding carboxylic acids is 1. The highest BCUT2D eigenvalue weighted by molar-refractivity contribution is 7.18. The number of nitrogens with zero attached hydrogens (tertiary/aromatic N) is 1. The molecule has 0 amide bonds. The first-order valence-electron chi connectivity index (χ1n) is 6.60. The molecule has 18 heavy (non-hydrogen) atoms. The third-order valence-corrected chi connectivity index (χ3v) is 4.79. The van der Waals surface area contributed by atoms with E-state index in [1.807, 2.05) is 13.0 Å². The zero-order valence-corrected chi connectivity index (χ0v) is 12.3. The van der Waals surface area contributed by atoms with Crippen molar-refractivity contribution >= 4 is 27.8 Å². The van der Waals surface area contributed by atoms with Crippen LogP contribution < -0.4 is 10.6 Å². The number of anilines is 2. The minimum atomic E-state index is 0.153. The molecule has 0 atom stereocenters. The standard InChI is InChI=1S/C14H22N2OS/c1-4-11(17)13-10(15)8-12(18-13)16-7-5-6-14(2,3)9-16/h8H,4-7,9,15H2,1-3H3. The van der Waals surface area contributed by atoms with E-state index in [2.05, 4.69) is 18.7 Å². The van der Waals surface area contributed by atoms with Gasteiger partial charge in [0, 0.05) is 19.5 Å². The van der Waals surface area contributed by atoms with E-state index >= 15 is 0 Å². The number of thiophene rings is 1. The third-order valence-electron chi connectivity index (χ3n) is 3.53. The smallest absolute Gasteiger partial charge is 0.174 e. The van der Waals surface area contributed by atoms with Crippen molar-refractivity contribution in [1.29, 1.82) is 0 Å². The summed E-state index contributed by atoms with van der Waals surface area (Å²) in [5.41, 5.74) is 6.95. The van der Waals surface area contributed by atoms with Crippen molar-refractivity contribution in [1.82, 2.24) is 0 Å². The first-order valence-corrected chi connectivity index (χ1v) is 7.42. The van der Waals surface area contributed by atoms with Gasteiger partial charge in [-0.05, 0) is 24.3 Å². The van der Waals surface area contributed by atoms with Gasteiger partial charge in [-0.25, -0.2) is 0 Å². The lowest BCUT2D eigenvalue weighted by atomic mass is 9.84. The van der Waals surface area contributed by atoms with Crippen LogP contribution in [0, 0.1) is 5.41 Å². The van der Waals surface area contributed by atoms with Gasteiger partial charge in [-0.1, -0.05) is 20.8 Å². The van der Waals surface area contributed by atoms with E-state index in [0.29, 0.717) is 17.5 Å². The lowest BCUT2D eigenvalue weighted by Gasteiger charge is -2.38. The average molecular weight is 266 g/mol. The van der Waals surface area contributed by atoms with Crippen LogP contribution in [-0.2, 0) is 0 Å². The van der Waals surface area contributed by atoms with E-state index in [9.17, 15) is 4.79 Å². The predicted molar refractivity (Wildman–Crippen MR) is 78.6 cm³/mol. The predicted octanol–water partition coefficient (Wildman–Crippen LogP) is 3.55. The number of rotatable bonds is 3. The molecule has 1 fully saturated rings. The number of hydrogen-bond acceptors (Lipinski definition) is 4. The van der Waals surface area contributed by atoms with Gasteiger partial charge in [0.15, 0.2) is 5.78 Å². The largest absolute Gasteiger partial charge is 0.397 e. The van der Waals surface area contributed by atoms with Crippen LogP contribution in [-0.4, -0.2) is 18.9 Å². The Labute approximate surface area is 113 Å². The molecular formula is C14H22N2OS. The Bertz CT molecular complexity index is 451. The van der Waals surface area contributed by atoms with Crippen molar-refractivity contribution in [2.24, 2.45) is 5.41 Å². The Kier molecular flexibility index (Phi) is 3.66. The molecule has 1 saturated heterocycles. The first-order chi connectivity index (χ1) is 8.43. The van der Waals surface area contributed by atoms with Gasteiger partial charge in [-0.15, -0.1) is 11.3 Å². The van der Waals surface area contributed by atoms with Gasteiger partial charge in [-0.3, -0.25) is 4.79 Å². The molecule has 1 aliphatic heterocycles. The van der Waals surface area contributed by atoms with E-state index < -0.39 is 0 Å². The molecule has 0 aliphatic carbocycles. The topological polar surface area (TPSA) is 46.3 Å². The number of ketones is 1. The van der Waals surface area contributed by atoms with Crippen LogP contribution in [0.1, 0.15) is 49.7 Å². The van der Waals surface area contributed by atoms with Crippen LogP contribution in [0.5, 0.6) is 0 Å². The maximum Gasteiger partial charge on any atom is 0.174 e. The summed E-state index contributed by atoms with van der Waals surface area (Å²) in [6.45, 7) is 8.60. The second-order valence-corrected chi connectivity index (χ2v) is 6.87. The van der Waals surface area contributed by atoms with Gasteiger partial charge in [0.05, 0.1) is 15.6 Å². The number of piperidine rings is 1. The molecule has 0 spiro atoms. The van der Waals surface area contributed by atoms with Gasteiger partial charge < -0.3 is 10.6 Å². The lowest BCUT2D eigenvalue weighted by molar-refractivity contribution is 0.0993. The van der Waals surface area contributed by atoms with Gasteiger partial charge in [0.25, 0.3) is 0 Å². The molecule has 0 radical (unpaired) electrons. The summed E-state index contributed by atoms with van der Waals surface area (Å²) >= 11 is 1.55. The highest BCUT2D eigenvalue weighted by atomic mass is 32.1. The summed E-state index contributed by atoms with van der Waals surface area (Å²) in [6.07, 6.45) is 3.00. The van der Waals surface area contributed by atoms with Crippen molar-refractivity contribution in [2.75, 3.05) is 23.7 Å². The van der Waals surface area contributed by atoms with Crippen LogP contribution in [0.3, 0.4) is 0 Å². The highest BCUT2D eigenvalue weighted by Crippen LogP contribution is 2.38. The molecule has 0 aromatic carbocycles. The number of nitrogens with two attached hydrogens (primary N) is 1. The zero-order valence-electron chi connectivity index (χ0n) is 11.5. The molecular weight excluding hydrogens is 244 g/mol. The van der Waals surface area contributed by atoms with Crippen molar-refractivity contribution in [3.8, 4) is 0 Å². The monoisotopic (exact) mass is 266 g/mol. The van der Waals surface area contributed by atoms with Crippen LogP contribution in [0.15, 0.2) is 6.07 Å². The van der Waals surface area contributed by atoms with E-state index in [-0.39, 0.29) is 5.78 Å². The summed E-state index contributed by atoms with van der Waals surface area (Å²) < 4.78 is 0. The molecule has 2 N–H and O–H groups in total. The van der Waals surface area contributed by atoms with Gasteiger partial charge in [0.1, 0.15) is 0 Å². The normalized spacial score (nSPS) is 18.9. The minimum Gasteiger partial charge on any atom is -0.397 e. The zero-order chi connectivity index (χ0) is 13.3. The molecule has 1 aromatic rings. The molecule has 2 heterocycles. The summed E-state index contributed by atoms with van der Waals surface area (Å²) in [5.74, 6) is 0.153. The van der Waals surface area contributed by atoms with Crippen LogP contribution in [0.4, 0.5) is 10.7 Å². The van der Waals surface area contributed by atoms with Crippen molar-refractivity contribution < 1.29 is 4.79 Å². The molecule has 3 nitrogen and oxygen atoms in total. The van der Waals surface area contributed by atoms with Crippen LogP contribution in [0.25, 0.3) is 0 Å². The minimum absolute atomic E-state index is 0.153. The Balaban J connectivity index is 2.21. The quantitative estimate of drug-likeness (QED) is 0.851. The summed E-state index contributed by atoms with van der Waals surface area (Å²) in [5, 5.41) is 1.15. The molecule has 2 rings (SSSR count). The fraction of sp³-hybridized carbons (Fsp3) is 0.643. The van der Waals surface area contributed by atoms with Crippen LogP contribution in [0.2, 0.25) is 0 Å². The molecule has 4 heteroatoms.